The average Bonchev–Trinajstić information content (AvgIpc) is 2.88. The van der Waals surface area contributed by atoms with Crippen LogP contribution in [0.3, 0.4) is 0 Å². The largest absolute Gasteiger partial charge is 0.497 e. The van der Waals surface area contributed by atoms with Crippen LogP contribution in [-0.4, -0.2) is 25.3 Å². The number of amidine groups is 1. The normalized spacial score (nSPS) is 15.2. The van der Waals surface area contributed by atoms with Crippen molar-refractivity contribution in [2.75, 3.05) is 19.5 Å². The third-order valence-electron chi connectivity index (χ3n) is 5.78. The number of allylic oxidation sites excluding steroid dienone is 1. The predicted molar refractivity (Wildman–Crippen MR) is 143 cm³/mol. The first-order valence-electron chi connectivity index (χ1n) is 11.3. The molecule has 1 heterocycles. The lowest BCUT2D eigenvalue weighted by Crippen LogP contribution is -2.32. The molecule has 0 saturated heterocycles. The Morgan fingerprint density at radius 2 is 1.74 bits per heavy atom. The summed E-state index contributed by atoms with van der Waals surface area (Å²) in [6.45, 7) is 3.91. The SMILES string of the molecule is COc1ccc(CSC2=N[C@H](c3ccc(C)c(OC)c3)C(C(=O)Nc3ccccc3)=C(C)N2)cc1. The minimum atomic E-state index is -0.465. The zero-order chi connectivity index (χ0) is 24.8. The molecule has 0 saturated carbocycles. The van der Waals surface area contributed by atoms with Crippen LogP contribution in [0.1, 0.15) is 29.7 Å². The lowest BCUT2D eigenvalue weighted by Gasteiger charge is -2.27. The molecule has 0 fully saturated rings. The number of rotatable bonds is 7. The Hall–Kier alpha value is -3.71. The molecule has 1 atom stereocenters. The number of benzene rings is 3. The van der Waals surface area contributed by atoms with Crippen molar-refractivity contribution in [3.63, 3.8) is 0 Å². The van der Waals surface area contributed by atoms with Crippen molar-refractivity contribution in [1.82, 2.24) is 5.32 Å². The Balaban J connectivity index is 1.63. The number of amides is 1. The van der Waals surface area contributed by atoms with Gasteiger partial charge in [0.2, 0.25) is 0 Å². The fraction of sp³-hybridized carbons (Fsp3) is 0.214. The van der Waals surface area contributed by atoms with Crippen LogP contribution in [0.25, 0.3) is 0 Å². The number of anilines is 1. The van der Waals surface area contributed by atoms with Crippen LogP contribution in [0, 0.1) is 6.92 Å². The van der Waals surface area contributed by atoms with E-state index in [1.54, 1.807) is 26.0 Å². The standard InChI is InChI=1S/C28H29N3O3S/c1-18-10-13-21(16-24(18)34-4)26-25(27(32)30-22-8-6-5-7-9-22)19(2)29-28(31-26)35-17-20-11-14-23(33-3)15-12-20/h5-16,26H,17H2,1-4H3,(H,29,31)(H,30,32)/t26-/m1/s1. The third-order valence-corrected chi connectivity index (χ3v) is 6.74. The second kappa shape index (κ2) is 11.1. The van der Waals surface area contributed by atoms with E-state index in [4.69, 9.17) is 14.5 Å². The monoisotopic (exact) mass is 487 g/mol. The number of hydrogen-bond donors (Lipinski definition) is 2. The van der Waals surface area contributed by atoms with Crippen LogP contribution >= 0.6 is 11.8 Å². The molecule has 0 aliphatic carbocycles. The number of methoxy groups -OCH3 is 2. The van der Waals surface area contributed by atoms with E-state index in [0.29, 0.717) is 5.57 Å². The summed E-state index contributed by atoms with van der Waals surface area (Å²) in [4.78, 5) is 18.4. The summed E-state index contributed by atoms with van der Waals surface area (Å²) in [7, 11) is 3.31. The second-order valence-corrected chi connectivity index (χ2v) is 9.15. The van der Waals surface area contributed by atoms with Gasteiger partial charge in [0.15, 0.2) is 5.17 Å². The lowest BCUT2D eigenvalue weighted by molar-refractivity contribution is -0.113. The maximum Gasteiger partial charge on any atom is 0.255 e. The highest BCUT2D eigenvalue weighted by atomic mass is 32.2. The van der Waals surface area contributed by atoms with Crippen molar-refractivity contribution in [2.24, 2.45) is 4.99 Å². The summed E-state index contributed by atoms with van der Waals surface area (Å²) in [6.07, 6.45) is 0. The minimum absolute atomic E-state index is 0.186. The molecule has 0 radical (unpaired) electrons. The van der Waals surface area contributed by atoms with Gasteiger partial charge in [0.05, 0.1) is 19.8 Å². The summed E-state index contributed by atoms with van der Waals surface area (Å²) in [5, 5.41) is 7.11. The molecule has 7 heteroatoms. The zero-order valence-corrected chi connectivity index (χ0v) is 21.1. The molecule has 0 unspecified atom stereocenters. The Morgan fingerprint density at radius 1 is 1.00 bits per heavy atom. The Bertz CT molecular complexity index is 1250. The van der Waals surface area contributed by atoms with E-state index in [9.17, 15) is 4.79 Å². The number of nitrogens with zero attached hydrogens (tertiary/aromatic N) is 1. The average molecular weight is 488 g/mol. The van der Waals surface area contributed by atoms with Crippen LogP contribution in [0.15, 0.2) is 89.1 Å². The Labute approximate surface area is 210 Å². The van der Waals surface area contributed by atoms with Gasteiger partial charge < -0.3 is 20.1 Å². The number of carbonyl (C=O) groups excluding carboxylic acids is 1. The first kappa shape index (κ1) is 24.4. The van der Waals surface area contributed by atoms with Gasteiger partial charge in [0.25, 0.3) is 5.91 Å². The summed E-state index contributed by atoms with van der Waals surface area (Å²) in [6, 6.07) is 22.9. The Kier molecular flexibility index (Phi) is 7.77. The summed E-state index contributed by atoms with van der Waals surface area (Å²) in [5.74, 6) is 2.14. The van der Waals surface area contributed by atoms with E-state index in [1.807, 2.05) is 86.6 Å². The number of para-hydroxylation sites is 1. The molecule has 4 rings (SSSR count). The molecule has 1 aliphatic rings. The molecule has 35 heavy (non-hydrogen) atoms. The maximum absolute atomic E-state index is 13.4. The molecule has 2 N–H and O–H groups in total. The van der Waals surface area contributed by atoms with Crippen LogP contribution < -0.4 is 20.1 Å². The van der Waals surface area contributed by atoms with E-state index in [2.05, 4.69) is 10.6 Å². The quantitative estimate of drug-likeness (QED) is 0.437. The minimum Gasteiger partial charge on any atom is -0.497 e. The molecule has 0 bridgehead atoms. The number of carbonyl (C=O) groups is 1. The summed E-state index contributed by atoms with van der Waals surface area (Å²) in [5.41, 5.74) is 5.17. The van der Waals surface area contributed by atoms with Crippen LogP contribution in [0.2, 0.25) is 0 Å². The summed E-state index contributed by atoms with van der Waals surface area (Å²) < 4.78 is 10.8. The van der Waals surface area contributed by atoms with Crippen molar-refractivity contribution in [3.8, 4) is 11.5 Å². The van der Waals surface area contributed by atoms with Crippen LogP contribution in [-0.2, 0) is 10.5 Å². The summed E-state index contributed by atoms with van der Waals surface area (Å²) >= 11 is 1.60. The molecule has 180 valence electrons. The van der Waals surface area contributed by atoms with Gasteiger partial charge in [-0.05, 0) is 60.9 Å². The molecule has 1 aliphatic heterocycles. The Morgan fingerprint density at radius 3 is 2.43 bits per heavy atom. The highest BCUT2D eigenvalue weighted by molar-refractivity contribution is 8.13. The van der Waals surface area contributed by atoms with Crippen LogP contribution in [0.5, 0.6) is 11.5 Å². The van der Waals surface area contributed by atoms with E-state index in [-0.39, 0.29) is 5.91 Å². The second-order valence-electron chi connectivity index (χ2n) is 8.19. The van der Waals surface area contributed by atoms with Crippen molar-refractivity contribution in [1.29, 1.82) is 0 Å². The van der Waals surface area contributed by atoms with E-state index in [0.717, 1.165) is 50.5 Å². The van der Waals surface area contributed by atoms with Gasteiger partial charge in [-0.3, -0.25) is 4.79 Å². The molecule has 6 nitrogen and oxygen atoms in total. The van der Waals surface area contributed by atoms with Gasteiger partial charge >= 0.3 is 0 Å². The smallest absolute Gasteiger partial charge is 0.255 e. The van der Waals surface area contributed by atoms with Crippen molar-refractivity contribution in [3.05, 3.63) is 101 Å². The van der Waals surface area contributed by atoms with Crippen molar-refractivity contribution in [2.45, 2.75) is 25.6 Å². The molecular weight excluding hydrogens is 458 g/mol. The van der Waals surface area contributed by atoms with Gasteiger partial charge in [-0.1, -0.05) is 54.2 Å². The molecular formula is C28H29N3O3S. The van der Waals surface area contributed by atoms with Gasteiger partial charge in [-0.15, -0.1) is 0 Å². The number of thioether (sulfide) groups is 1. The maximum atomic E-state index is 13.4. The first-order chi connectivity index (χ1) is 17.0. The number of ether oxygens (including phenoxy) is 2. The molecule has 3 aromatic rings. The molecule has 0 aromatic heterocycles. The zero-order valence-electron chi connectivity index (χ0n) is 20.3. The predicted octanol–water partition coefficient (Wildman–Crippen LogP) is 5.86. The fourth-order valence-electron chi connectivity index (χ4n) is 3.86. The first-order valence-corrected chi connectivity index (χ1v) is 12.3. The topological polar surface area (TPSA) is 72.0 Å². The molecule has 1 amide bonds. The van der Waals surface area contributed by atoms with Crippen molar-refractivity contribution < 1.29 is 14.3 Å². The fourth-order valence-corrected chi connectivity index (χ4v) is 4.76. The highest BCUT2D eigenvalue weighted by Gasteiger charge is 2.30. The van der Waals surface area contributed by atoms with Crippen LogP contribution in [0.4, 0.5) is 5.69 Å². The number of aryl methyl sites for hydroxylation is 1. The van der Waals surface area contributed by atoms with E-state index < -0.39 is 6.04 Å². The molecule has 3 aromatic carbocycles. The van der Waals surface area contributed by atoms with Gasteiger partial charge in [0, 0.05) is 17.1 Å². The number of nitrogens with one attached hydrogen (secondary N) is 2. The number of aliphatic imine (C=N–C) groups is 1. The van der Waals surface area contributed by atoms with Gasteiger partial charge in [-0.25, -0.2) is 4.99 Å². The lowest BCUT2D eigenvalue weighted by atomic mass is 9.94. The van der Waals surface area contributed by atoms with E-state index >= 15 is 0 Å². The molecule has 0 spiro atoms. The third kappa shape index (κ3) is 5.87. The van der Waals surface area contributed by atoms with Gasteiger partial charge in [-0.2, -0.15) is 0 Å². The van der Waals surface area contributed by atoms with E-state index in [1.165, 1.54) is 0 Å². The van der Waals surface area contributed by atoms with Crippen molar-refractivity contribution >= 4 is 28.5 Å². The highest BCUT2D eigenvalue weighted by Crippen LogP contribution is 2.35. The number of hydrogen-bond acceptors (Lipinski definition) is 6. The van der Waals surface area contributed by atoms with Gasteiger partial charge in [0.1, 0.15) is 17.5 Å².